The van der Waals surface area contributed by atoms with Crippen LogP contribution in [-0.4, -0.2) is 36.0 Å². The van der Waals surface area contributed by atoms with Crippen LogP contribution >= 0.6 is 11.8 Å². The van der Waals surface area contributed by atoms with Crippen LogP contribution in [0.15, 0.2) is 23.1 Å². The van der Waals surface area contributed by atoms with Gasteiger partial charge in [-0.25, -0.2) is 0 Å². The maximum absolute atomic E-state index is 11.4. The lowest BCUT2D eigenvalue weighted by atomic mass is 10.0. The summed E-state index contributed by atoms with van der Waals surface area (Å²) >= 11 is 1.55. The number of benzene rings is 1. The van der Waals surface area contributed by atoms with Gasteiger partial charge in [0.15, 0.2) is 0 Å². The molecule has 0 radical (unpaired) electrons. The molecule has 0 saturated carbocycles. The Labute approximate surface area is 111 Å². The maximum Gasteiger partial charge on any atom is 0.234 e. The number of carbonyl (C=O) groups is 1. The Kier molecular flexibility index (Phi) is 3.54. The fourth-order valence-electron chi connectivity index (χ4n) is 1.74. The second-order valence-electron chi connectivity index (χ2n) is 5.05. The highest BCUT2D eigenvalue weighted by atomic mass is 32.2. The molecule has 2 N–H and O–H groups in total. The van der Waals surface area contributed by atoms with Crippen molar-refractivity contribution >= 4 is 29.0 Å². The van der Waals surface area contributed by atoms with Gasteiger partial charge in [-0.05, 0) is 32.0 Å². The fourth-order valence-corrected chi connectivity index (χ4v) is 2.52. The van der Waals surface area contributed by atoms with Gasteiger partial charge >= 0.3 is 0 Å². The van der Waals surface area contributed by atoms with Gasteiger partial charge in [-0.1, -0.05) is 0 Å². The van der Waals surface area contributed by atoms with Gasteiger partial charge in [0.2, 0.25) is 5.91 Å². The van der Waals surface area contributed by atoms with Crippen LogP contribution in [0.2, 0.25) is 0 Å². The average Bonchev–Trinajstić information content (AvgIpc) is 2.36. The Balaban J connectivity index is 2.31. The predicted octanol–water partition coefficient (Wildman–Crippen LogP) is 1.94. The summed E-state index contributed by atoms with van der Waals surface area (Å²) in [6.07, 6.45) is 0. The summed E-state index contributed by atoms with van der Waals surface area (Å²) in [6, 6.07) is 5.98. The second-order valence-corrected chi connectivity index (χ2v) is 6.06. The van der Waals surface area contributed by atoms with Crippen molar-refractivity contribution in [3.05, 3.63) is 18.2 Å². The SMILES string of the molecule is CN(c1ccc2c(c1)NC(=O)CS2)C(C)(C)CO. The molecule has 18 heavy (non-hydrogen) atoms. The number of rotatable bonds is 3. The van der Waals surface area contributed by atoms with E-state index in [9.17, 15) is 9.90 Å². The second kappa shape index (κ2) is 4.82. The molecule has 0 aromatic heterocycles. The number of anilines is 2. The van der Waals surface area contributed by atoms with E-state index in [4.69, 9.17) is 0 Å². The first-order valence-electron chi connectivity index (χ1n) is 5.85. The molecule has 0 saturated heterocycles. The fraction of sp³-hybridized carbons (Fsp3) is 0.462. The number of nitrogens with zero attached hydrogens (tertiary/aromatic N) is 1. The number of hydrogen-bond donors (Lipinski definition) is 2. The number of carbonyl (C=O) groups excluding carboxylic acids is 1. The van der Waals surface area contributed by atoms with Gasteiger partial charge in [-0.15, -0.1) is 11.8 Å². The minimum Gasteiger partial charge on any atom is -0.394 e. The molecular formula is C13H18N2O2S. The summed E-state index contributed by atoms with van der Waals surface area (Å²) in [6.45, 7) is 4.02. The number of hydrogen-bond acceptors (Lipinski definition) is 4. The van der Waals surface area contributed by atoms with Crippen LogP contribution in [0.1, 0.15) is 13.8 Å². The van der Waals surface area contributed by atoms with E-state index in [0.717, 1.165) is 16.3 Å². The Morgan fingerprint density at radius 3 is 2.89 bits per heavy atom. The molecule has 1 heterocycles. The van der Waals surface area contributed by atoms with Crippen molar-refractivity contribution in [2.45, 2.75) is 24.3 Å². The third-order valence-corrected chi connectivity index (χ3v) is 4.35. The molecular weight excluding hydrogens is 248 g/mol. The third-order valence-electron chi connectivity index (χ3n) is 3.28. The summed E-state index contributed by atoms with van der Waals surface area (Å²) < 4.78 is 0. The van der Waals surface area contributed by atoms with E-state index < -0.39 is 0 Å². The van der Waals surface area contributed by atoms with Gasteiger partial charge in [0.1, 0.15) is 0 Å². The van der Waals surface area contributed by atoms with E-state index in [1.807, 2.05) is 44.0 Å². The smallest absolute Gasteiger partial charge is 0.234 e. The van der Waals surface area contributed by atoms with Crippen molar-refractivity contribution in [1.29, 1.82) is 0 Å². The number of amides is 1. The van der Waals surface area contributed by atoms with E-state index in [-0.39, 0.29) is 18.1 Å². The Morgan fingerprint density at radius 1 is 1.50 bits per heavy atom. The molecule has 0 fully saturated rings. The molecule has 5 heteroatoms. The van der Waals surface area contributed by atoms with E-state index in [2.05, 4.69) is 5.32 Å². The standard InChI is InChI=1S/C13H18N2O2S/c1-13(2,8-16)15(3)9-4-5-11-10(6-9)14-12(17)7-18-11/h4-6,16H,7-8H2,1-3H3,(H,14,17). The Hall–Kier alpha value is -1.20. The minimum atomic E-state index is -0.333. The van der Waals surface area contributed by atoms with Crippen LogP contribution < -0.4 is 10.2 Å². The third kappa shape index (κ3) is 2.47. The first kappa shape index (κ1) is 13.2. The van der Waals surface area contributed by atoms with Gasteiger partial charge in [0, 0.05) is 17.6 Å². The molecule has 1 amide bonds. The van der Waals surface area contributed by atoms with Crippen molar-refractivity contribution in [1.82, 2.24) is 0 Å². The number of likely N-dealkylation sites (N-methyl/N-ethyl adjacent to an activating group) is 1. The van der Waals surface area contributed by atoms with Crippen LogP contribution in [-0.2, 0) is 4.79 Å². The van der Waals surface area contributed by atoms with Gasteiger partial charge in [0.05, 0.1) is 23.6 Å². The normalized spacial score (nSPS) is 15.0. The lowest BCUT2D eigenvalue weighted by Gasteiger charge is -2.36. The van der Waals surface area contributed by atoms with Gasteiger partial charge < -0.3 is 15.3 Å². The van der Waals surface area contributed by atoms with E-state index >= 15 is 0 Å². The van der Waals surface area contributed by atoms with Gasteiger partial charge in [-0.3, -0.25) is 4.79 Å². The molecule has 0 spiro atoms. The first-order chi connectivity index (χ1) is 8.44. The highest BCUT2D eigenvalue weighted by Gasteiger charge is 2.24. The molecule has 2 rings (SSSR count). The van der Waals surface area contributed by atoms with Crippen molar-refractivity contribution in [3.63, 3.8) is 0 Å². The molecule has 0 aliphatic carbocycles. The number of fused-ring (bicyclic) bond motifs is 1. The highest BCUT2D eigenvalue weighted by molar-refractivity contribution is 8.00. The molecule has 0 atom stereocenters. The van der Waals surface area contributed by atoms with E-state index in [1.165, 1.54) is 0 Å². The number of aliphatic hydroxyl groups is 1. The maximum atomic E-state index is 11.4. The molecule has 0 bridgehead atoms. The molecule has 1 aromatic carbocycles. The molecule has 1 aliphatic rings. The molecule has 98 valence electrons. The van der Waals surface area contributed by atoms with Crippen LogP contribution in [0.3, 0.4) is 0 Å². The van der Waals surface area contributed by atoms with E-state index in [1.54, 1.807) is 11.8 Å². The molecule has 0 unspecified atom stereocenters. The zero-order valence-corrected chi connectivity index (χ0v) is 11.7. The molecule has 1 aromatic rings. The lowest BCUT2D eigenvalue weighted by molar-refractivity contribution is -0.113. The van der Waals surface area contributed by atoms with Crippen molar-refractivity contribution in [2.24, 2.45) is 0 Å². The topological polar surface area (TPSA) is 52.6 Å². The van der Waals surface area contributed by atoms with Gasteiger partial charge in [0.25, 0.3) is 0 Å². The summed E-state index contributed by atoms with van der Waals surface area (Å²) in [5.74, 6) is 0.512. The number of aliphatic hydroxyl groups excluding tert-OH is 1. The Bertz CT molecular complexity index is 474. The van der Waals surface area contributed by atoms with Crippen molar-refractivity contribution in [3.8, 4) is 0 Å². The number of thioether (sulfide) groups is 1. The van der Waals surface area contributed by atoms with Gasteiger partial charge in [-0.2, -0.15) is 0 Å². The van der Waals surface area contributed by atoms with Crippen molar-refractivity contribution < 1.29 is 9.90 Å². The summed E-state index contributed by atoms with van der Waals surface area (Å²) in [5, 5.41) is 12.3. The van der Waals surface area contributed by atoms with Crippen molar-refractivity contribution in [2.75, 3.05) is 29.6 Å². The predicted molar refractivity (Wildman–Crippen MR) is 75.4 cm³/mol. The quantitative estimate of drug-likeness (QED) is 0.878. The van der Waals surface area contributed by atoms with E-state index in [0.29, 0.717) is 5.75 Å². The van der Waals surface area contributed by atoms with Crippen LogP contribution in [0.4, 0.5) is 11.4 Å². The highest BCUT2D eigenvalue weighted by Crippen LogP contribution is 2.35. The first-order valence-corrected chi connectivity index (χ1v) is 6.84. The van der Waals surface area contributed by atoms with Crippen LogP contribution in [0, 0.1) is 0 Å². The van der Waals surface area contributed by atoms with Crippen LogP contribution in [0.5, 0.6) is 0 Å². The van der Waals surface area contributed by atoms with Crippen LogP contribution in [0.25, 0.3) is 0 Å². The Morgan fingerprint density at radius 2 is 2.22 bits per heavy atom. The zero-order valence-electron chi connectivity index (χ0n) is 10.9. The molecule has 4 nitrogen and oxygen atoms in total. The summed E-state index contributed by atoms with van der Waals surface area (Å²) in [7, 11) is 1.94. The monoisotopic (exact) mass is 266 g/mol. The molecule has 1 aliphatic heterocycles. The largest absolute Gasteiger partial charge is 0.394 e. The zero-order chi connectivity index (χ0) is 13.3. The average molecular weight is 266 g/mol. The minimum absolute atomic E-state index is 0.0359. The summed E-state index contributed by atoms with van der Waals surface area (Å²) in [4.78, 5) is 14.5. The number of nitrogens with one attached hydrogen (secondary N) is 1. The lowest BCUT2D eigenvalue weighted by Crippen LogP contribution is -2.44. The summed E-state index contributed by atoms with van der Waals surface area (Å²) in [5.41, 5.74) is 1.50.